The summed E-state index contributed by atoms with van der Waals surface area (Å²) in [5, 5.41) is 0. The van der Waals surface area contributed by atoms with E-state index >= 15 is 0 Å². The van der Waals surface area contributed by atoms with Crippen LogP contribution in [-0.2, 0) is 14.4 Å². The molecule has 0 bridgehead atoms. The minimum atomic E-state index is -0.380. The van der Waals surface area contributed by atoms with Crippen LogP contribution in [0.5, 0.6) is 0 Å². The zero-order valence-corrected chi connectivity index (χ0v) is 5.80. The molecule has 0 heterocycles. The van der Waals surface area contributed by atoms with Crippen molar-refractivity contribution < 1.29 is 14.4 Å². The van der Waals surface area contributed by atoms with Gasteiger partial charge in [0.25, 0.3) is 0 Å². The molecular formula is C6H10O3. The van der Waals surface area contributed by atoms with Crippen LogP contribution in [0, 0.1) is 0 Å². The molecule has 0 radical (unpaired) electrons. The second-order valence-corrected chi connectivity index (χ2v) is 1.35. The Kier molecular flexibility index (Phi) is 8.49. The number of hydrogen-bond acceptors (Lipinski definition) is 3. The SMILES string of the molecule is CC(=O)C(C)=O.CC=O. The molecule has 3 nitrogen and oxygen atoms in total. The van der Waals surface area contributed by atoms with E-state index in [4.69, 9.17) is 4.79 Å². The lowest BCUT2D eigenvalue weighted by atomic mass is 10.3. The van der Waals surface area contributed by atoms with Crippen molar-refractivity contribution in [2.24, 2.45) is 0 Å². The monoisotopic (exact) mass is 130 g/mol. The number of carbonyl (C=O) groups excluding carboxylic acids is 3. The van der Waals surface area contributed by atoms with Crippen molar-refractivity contribution in [1.29, 1.82) is 0 Å². The topological polar surface area (TPSA) is 51.2 Å². The molecule has 0 aliphatic rings. The first kappa shape index (κ1) is 10.9. The fourth-order valence-electron chi connectivity index (χ4n) is 0. The molecule has 0 atom stereocenters. The lowest BCUT2D eigenvalue weighted by molar-refractivity contribution is -0.134. The quantitative estimate of drug-likeness (QED) is 0.380. The highest BCUT2D eigenvalue weighted by atomic mass is 16.2. The van der Waals surface area contributed by atoms with Crippen LogP contribution in [0.4, 0.5) is 0 Å². The van der Waals surface area contributed by atoms with Crippen molar-refractivity contribution in [3.8, 4) is 0 Å². The van der Waals surface area contributed by atoms with E-state index in [-0.39, 0.29) is 11.6 Å². The van der Waals surface area contributed by atoms with Gasteiger partial charge in [-0.25, -0.2) is 0 Å². The molecule has 0 aromatic carbocycles. The van der Waals surface area contributed by atoms with Crippen LogP contribution in [0.2, 0.25) is 0 Å². The van der Waals surface area contributed by atoms with Gasteiger partial charge in [0.15, 0.2) is 11.6 Å². The molecule has 0 amide bonds. The Hall–Kier alpha value is -0.990. The number of Topliss-reactive ketones (excluding diaryl/α,β-unsaturated/α-hetero) is 2. The van der Waals surface area contributed by atoms with Gasteiger partial charge in [-0.2, -0.15) is 0 Å². The van der Waals surface area contributed by atoms with Gasteiger partial charge in [-0.3, -0.25) is 9.59 Å². The first-order valence-corrected chi connectivity index (χ1v) is 2.47. The molecule has 0 unspecified atom stereocenters. The Morgan fingerprint density at radius 2 is 1.22 bits per heavy atom. The summed E-state index contributed by atoms with van der Waals surface area (Å²) < 4.78 is 0. The molecule has 3 heteroatoms. The molecule has 0 N–H and O–H groups in total. The largest absolute Gasteiger partial charge is 0.304 e. The van der Waals surface area contributed by atoms with E-state index < -0.39 is 0 Å². The molecule has 0 aromatic heterocycles. The average molecular weight is 130 g/mol. The third kappa shape index (κ3) is 19.4. The van der Waals surface area contributed by atoms with Crippen molar-refractivity contribution in [2.45, 2.75) is 20.8 Å². The van der Waals surface area contributed by atoms with Crippen LogP contribution in [0.25, 0.3) is 0 Å². The van der Waals surface area contributed by atoms with Gasteiger partial charge in [-0.1, -0.05) is 0 Å². The molecule has 9 heavy (non-hydrogen) atoms. The molecule has 52 valence electrons. The van der Waals surface area contributed by atoms with Gasteiger partial charge in [-0.05, 0) is 6.92 Å². The van der Waals surface area contributed by atoms with Gasteiger partial charge in [0.2, 0.25) is 0 Å². The molecule has 0 rings (SSSR count). The Morgan fingerprint density at radius 1 is 1.11 bits per heavy atom. The second-order valence-electron chi connectivity index (χ2n) is 1.35. The molecular weight excluding hydrogens is 120 g/mol. The predicted molar refractivity (Wildman–Crippen MR) is 33.1 cm³/mol. The van der Waals surface area contributed by atoms with Gasteiger partial charge in [-0.15, -0.1) is 0 Å². The minimum Gasteiger partial charge on any atom is -0.304 e. The summed E-state index contributed by atoms with van der Waals surface area (Å²) in [7, 11) is 0. The maximum atomic E-state index is 9.79. The summed E-state index contributed by atoms with van der Waals surface area (Å²) in [6.07, 6.45) is 0.750. The summed E-state index contributed by atoms with van der Waals surface area (Å²) in [6.45, 7) is 3.95. The summed E-state index contributed by atoms with van der Waals surface area (Å²) in [5.41, 5.74) is 0. The normalized spacial score (nSPS) is 6.56. The highest BCUT2D eigenvalue weighted by Gasteiger charge is 1.94. The van der Waals surface area contributed by atoms with E-state index in [1.807, 2.05) is 0 Å². The zero-order valence-electron chi connectivity index (χ0n) is 5.80. The summed E-state index contributed by atoms with van der Waals surface area (Å²) in [4.78, 5) is 28.4. The minimum absolute atomic E-state index is 0.380. The number of aldehydes is 1. The van der Waals surface area contributed by atoms with Gasteiger partial charge in [0, 0.05) is 13.8 Å². The Bertz CT molecular complexity index is 103. The van der Waals surface area contributed by atoms with Crippen molar-refractivity contribution in [2.75, 3.05) is 0 Å². The van der Waals surface area contributed by atoms with E-state index in [9.17, 15) is 9.59 Å². The molecule has 0 aliphatic heterocycles. The third-order valence-corrected chi connectivity index (χ3v) is 0.496. The molecule has 0 saturated heterocycles. The molecule has 0 aliphatic carbocycles. The number of rotatable bonds is 1. The van der Waals surface area contributed by atoms with E-state index in [1.165, 1.54) is 20.8 Å². The lowest BCUT2D eigenvalue weighted by Crippen LogP contribution is -2.01. The summed E-state index contributed by atoms with van der Waals surface area (Å²) >= 11 is 0. The van der Waals surface area contributed by atoms with Crippen molar-refractivity contribution in [3.63, 3.8) is 0 Å². The first-order chi connectivity index (χ1) is 4.06. The van der Waals surface area contributed by atoms with Gasteiger partial charge in [0.1, 0.15) is 6.29 Å². The van der Waals surface area contributed by atoms with Crippen LogP contribution >= 0.6 is 0 Å². The summed E-state index contributed by atoms with van der Waals surface area (Å²) in [6, 6.07) is 0. The van der Waals surface area contributed by atoms with Crippen LogP contribution in [0.3, 0.4) is 0 Å². The van der Waals surface area contributed by atoms with Crippen LogP contribution < -0.4 is 0 Å². The fourth-order valence-corrected chi connectivity index (χ4v) is 0. The van der Waals surface area contributed by atoms with E-state index in [0.29, 0.717) is 0 Å². The van der Waals surface area contributed by atoms with Crippen LogP contribution in [-0.4, -0.2) is 17.9 Å². The summed E-state index contributed by atoms with van der Waals surface area (Å²) in [5.74, 6) is -0.759. The predicted octanol–water partition coefficient (Wildman–Crippen LogP) is 0.370. The Labute approximate surface area is 54.1 Å². The first-order valence-electron chi connectivity index (χ1n) is 2.47. The standard InChI is InChI=1S/C4H6O2.C2H4O/c1-3(5)4(2)6;1-2-3/h1-2H3;2H,1H3. The molecule has 0 fully saturated rings. The second kappa shape index (κ2) is 7.01. The lowest BCUT2D eigenvalue weighted by Gasteiger charge is -1.73. The van der Waals surface area contributed by atoms with Crippen molar-refractivity contribution >= 4 is 17.9 Å². The zero-order chi connectivity index (χ0) is 7.86. The fraction of sp³-hybridized carbons (Fsp3) is 0.500. The van der Waals surface area contributed by atoms with Crippen LogP contribution in [0.15, 0.2) is 0 Å². The molecule has 0 spiro atoms. The van der Waals surface area contributed by atoms with Crippen molar-refractivity contribution in [1.82, 2.24) is 0 Å². The Balaban J connectivity index is 0. The van der Waals surface area contributed by atoms with Crippen LogP contribution in [0.1, 0.15) is 20.8 Å². The molecule has 0 saturated carbocycles. The maximum absolute atomic E-state index is 9.79. The maximum Gasteiger partial charge on any atom is 0.195 e. The number of hydrogen-bond donors (Lipinski definition) is 0. The van der Waals surface area contributed by atoms with Gasteiger partial charge in [0.05, 0.1) is 0 Å². The van der Waals surface area contributed by atoms with Gasteiger partial charge < -0.3 is 4.79 Å². The average Bonchev–Trinajstić information content (AvgIpc) is 1.68. The van der Waals surface area contributed by atoms with E-state index in [1.54, 1.807) is 0 Å². The highest BCUT2D eigenvalue weighted by molar-refractivity contribution is 6.35. The van der Waals surface area contributed by atoms with E-state index in [0.717, 1.165) is 6.29 Å². The molecule has 0 aromatic rings. The number of ketones is 2. The highest BCUT2D eigenvalue weighted by Crippen LogP contribution is 1.66. The van der Waals surface area contributed by atoms with E-state index in [2.05, 4.69) is 0 Å². The Morgan fingerprint density at radius 3 is 1.22 bits per heavy atom. The van der Waals surface area contributed by atoms with Gasteiger partial charge >= 0.3 is 0 Å². The third-order valence-electron chi connectivity index (χ3n) is 0.496. The number of carbonyl (C=O) groups is 3. The van der Waals surface area contributed by atoms with Crippen molar-refractivity contribution in [3.05, 3.63) is 0 Å². The smallest absolute Gasteiger partial charge is 0.195 e.